The number of aromatic nitrogens is 2. The Morgan fingerprint density at radius 3 is 2.94 bits per heavy atom. The molecule has 0 unspecified atom stereocenters. The average Bonchev–Trinajstić information content (AvgIpc) is 2.82. The van der Waals surface area contributed by atoms with Crippen LogP contribution in [0.25, 0.3) is 0 Å². The number of hydrogen-bond acceptors (Lipinski definition) is 4. The van der Waals surface area contributed by atoms with Gasteiger partial charge in [-0.1, -0.05) is 0 Å². The summed E-state index contributed by atoms with van der Waals surface area (Å²) < 4.78 is 5.26. The number of ether oxygens (including phenoxy) is 1. The zero-order chi connectivity index (χ0) is 13.2. The first-order valence-corrected chi connectivity index (χ1v) is 6.18. The minimum Gasteiger partial charge on any atom is -0.444 e. The van der Waals surface area contributed by atoms with Crippen LogP contribution in [0.15, 0.2) is 12.4 Å². The number of aromatic amines is 1. The number of nitrogens with zero attached hydrogens (tertiary/aromatic N) is 1. The van der Waals surface area contributed by atoms with Crippen molar-refractivity contribution in [3.63, 3.8) is 0 Å². The molecule has 100 valence electrons. The van der Waals surface area contributed by atoms with Gasteiger partial charge in [0.05, 0.1) is 12.1 Å². The maximum absolute atomic E-state index is 11.7. The van der Waals surface area contributed by atoms with E-state index in [0.717, 1.165) is 18.8 Å². The van der Waals surface area contributed by atoms with Crippen molar-refractivity contribution in [3.8, 4) is 0 Å². The van der Waals surface area contributed by atoms with E-state index < -0.39 is 5.60 Å². The number of rotatable bonds is 2. The number of alkyl carbamates (subject to hydrolysis) is 1. The van der Waals surface area contributed by atoms with Gasteiger partial charge >= 0.3 is 6.09 Å². The van der Waals surface area contributed by atoms with E-state index in [1.54, 1.807) is 12.4 Å². The minimum absolute atomic E-state index is 0.00556. The predicted molar refractivity (Wildman–Crippen MR) is 67.1 cm³/mol. The third-order valence-electron chi connectivity index (χ3n) is 2.74. The zero-order valence-corrected chi connectivity index (χ0v) is 11.0. The van der Waals surface area contributed by atoms with Crippen LogP contribution in [-0.2, 0) is 4.74 Å². The summed E-state index contributed by atoms with van der Waals surface area (Å²) in [5.41, 5.74) is -0.476. The smallest absolute Gasteiger partial charge is 0.407 e. The van der Waals surface area contributed by atoms with Crippen LogP contribution >= 0.6 is 0 Å². The summed E-state index contributed by atoms with van der Waals surface area (Å²) in [6.45, 7) is 6.41. The molecule has 1 saturated heterocycles. The van der Waals surface area contributed by atoms with Gasteiger partial charge in [-0.15, -0.1) is 0 Å². The lowest BCUT2D eigenvalue weighted by molar-refractivity contribution is 0.0500. The maximum Gasteiger partial charge on any atom is 0.407 e. The van der Waals surface area contributed by atoms with Crippen LogP contribution in [0.2, 0.25) is 0 Å². The fourth-order valence-corrected chi connectivity index (χ4v) is 2.05. The van der Waals surface area contributed by atoms with Crippen molar-refractivity contribution >= 4 is 6.09 Å². The summed E-state index contributed by atoms with van der Waals surface area (Å²) >= 11 is 0. The Kier molecular flexibility index (Phi) is 3.56. The number of nitrogens with one attached hydrogen (secondary N) is 3. The van der Waals surface area contributed by atoms with Gasteiger partial charge in [-0.05, 0) is 33.7 Å². The molecule has 18 heavy (non-hydrogen) atoms. The largest absolute Gasteiger partial charge is 0.444 e. The highest BCUT2D eigenvalue weighted by molar-refractivity contribution is 5.68. The monoisotopic (exact) mass is 252 g/mol. The molecule has 2 rings (SSSR count). The molecule has 1 aliphatic heterocycles. The third kappa shape index (κ3) is 3.22. The van der Waals surface area contributed by atoms with Gasteiger partial charge in [-0.25, -0.2) is 9.78 Å². The molecular formula is C12H20N4O2. The molecule has 3 N–H and O–H groups in total. The summed E-state index contributed by atoms with van der Waals surface area (Å²) in [5.74, 6) is 0.841. The Morgan fingerprint density at radius 1 is 1.56 bits per heavy atom. The van der Waals surface area contributed by atoms with Gasteiger partial charge in [0.15, 0.2) is 0 Å². The summed E-state index contributed by atoms with van der Waals surface area (Å²) in [6.07, 6.45) is 3.97. The molecule has 6 heteroatoms. The number of carbonyl (C=O) groups excluding carboxylic acids is 1. The summed E-state index contributed by atoms with van der Waals surface area (Å²) in [6, 6.07) is 0.0264. The molecular weight excluding hydrogens is 232 g/mol. The first-order valence-electron chi connectivity index (χ1n) is 6.18. The van der Waals surface area contributed by atoms with Gasteiger partial charge < -0.3 is 20.4 Å². The van der Waals surface area contributed by atoms with Gasteiger partial charge in [0, 0.05) is 12.4 Å². The Labute approximate surface area is 107 Å². The molecule has 0 aromatic carbocycles. The molecule has 6 nitrogen and oxygen atoms in total. The number of H-pyrrole nitrogens is 1. The number of hydrogen-bond donors (Lipinski definition) is 3. The lowest BCUT2D eigenvalue weighted by Gasteiger charge is -2.23. The second kappa shape index (κ2) is 4.97. The molecule has 0 radical (unpaired) electrons. The molecule has 2 heterocycles. The zero-order valence-electron chi connectivity index (χ0n) is 11.0. The molecule has 0 bridgehead atoms. The molecule has 0 aliphatic carbocycles. The van der Waals surface area contributed by atoms with E-state index in [9.17, 15) is 4.79 Å². The van der Waals surface area contributed by atoms with Crippen LogP contribution < -0.4 is 10.6 Å². The molecule has 0 saturated carbocycles. The molecule has 1 aliphatic rings. The predicted octanol–water partition coefficient (Wildman–Crippen LogP) is 1.34. The lowest BCUT2D eigenvalue weighted by atomic mass is 10.1. The van der Waals surface area contributed by atoms with Crippen LogP contribution in [-0.4, -0.2) is 34.2 Å². The Bertz CT molecular complexity index is 397. The minimum atomic E-state index is -0.476. The maximum atomic E-state index is 11.7. The SMILES string of the molecule is CC(C)(C)OC(=O)N[C@@H]1CCN[C@H]1c1ncc[nH]1. The van der Waals surface area contributed by atoms with E-state index in [1.165, 1.54) is 0 Å². The van der Waals surface area contributed by atoms with E-state index in [2.05, 4.69) is 20.6 Å². The number of amides is 1. The van der Waals surface area contributed by atoms with Crippen molar-refractivity contribution in [2.75, 3.05) is 6.54 Å². The van der Waals surface area contributed by atoms with Crippen LogP contribution in [0, 0.1) is 0 Å². The van der Waals surface area contributed by atoms with Crippen molar-refractivity contribution in [1.29, 1.82) is 0 Å². The van der Waals surface area contributed by atoms with E-state index in [-0.39, 0.29) is 18.2 Å². The first-order chi connectivity index (χ1) is 8.46. The fraction of sp³-hybridized carbons (Fsp3) is 0.667. The van der Waals surface area contributed by atoms with Gasteiger partial charge in [0.2, 0.25) is 0 Å². The topological polar surface area (TPSA) is 79.0 Å². The van der Waals surface area contributed by atoms with Gasteiger partial charge in [0.25, 0.3) is 0 Å². The highest BCUT2D eigenvalue weighted by atomic mass is 16.6. The van der Waals surface area contributed by atoms with Crippen LogP contribution in [0.5, 0.6) is 0 Å². The molecule has 1 aromatic rings. The van der Waals surface area contributed by atoms with E-state index in [4.69, 9.17) is 4.74 Å². The van der Waals surface area contributed by atoms with Gasteiger partial charge in [-0.2, -0.15) is 0 Å². The fourth-order valence-electron chi connectivity index (χ4n) is 2.05. The van der Waals surface area contributed by atoms with Crippen molar-refractivity contribution in [2.24, 2.45) is 0 Å². The quantitative estimate of drug-likeness (QED) is 0.742. The highest BCUT2D eigenvalue weighted by Crippen LogP contribution is 2.21. The summed E-state index contributed by atoms with van der Waals surface area (Å²) in [4.78, 5) is 19.0. The van der Waals surface area contributed by atoms with Crippen molar-refractivity contribution in [3.05, 3.63) is 18.2 Å². The molecule has 2 atom stereocenters. The van der Waals surface area contributed by atoms with Crippen LogP contribution in [0.3, 0.4) is 0 Å². The molecule has 1 amide bonds. The van der Waals surface area contributed by atoms with Crippen molar-refractivity contribution < 1.29 is 9.53 Å². The normalized spacial score (nSPS) is 23.9. The number of imidazole rings is 1. The van der Waals surface area contributed by atoms with Crippen LogP contribution in [0.4, 0.5) is 4.79 Å². The van der Waals surface area contributed by atoms with Gasteiger partial charge in [0.1, 0.15) is 11.4 Å². The molecule has 1 fully saturated rings. The van der Waals surface area contributed by atoms with Crippen LogP contribution in [0.1, 0.15) is 39.1 Å². The second-order valence-electron chi connectivity index (χ2n) is 5.45. The average molecular weight is 252 g/mol. The Morgan fingerprint density at radius 2 is 2.33 bits per heavy atom. The molecule has 1 aromatic heterocycles. The standard InChI is InChI=1S/C12H20N4O2/c1-12(2,3)18-11(17)16-8-4-5-13-9(8)10-14-6-7-15-10/h6-9,13H,4-5H2,1-3H3,(H,14,15)(H,16,17)/t8-,9-/m1/s1. The van der Waals surface area contributed by atoms with E-state index in [1.807, 2.05) is 20.8 Å². The van der Waals surface area contributed by atoms with Gasteiger partial charge in [-0.3, -0.25) is 0 Å². The van der Waals surface area contributed by atoms with Crippen molar-refractivity contribution in [1.82, 2.24) is 20.6 Å². The van der Waals surface area contributed by atoms with E-state index >= 15 is 0 Å². The van der Waals surface area contributed by atoms with Crippen molar-refractivity contribution in [2.45, 2.75) is 44.9 Å². The second-order valence-corrected chi connectivity index (χ2v) is 5.45. The number of carbonyl (C=O) groups is 1. The molecule has 0 spiro atoms. The summed E-state index contributed by atoms with van der Waals surface area (Å²) in [5, 5.41) is 6.20. The first kappa shape index (κ1) is 12.9. The third-order valence-corrected chi connectivity index (χ3v) is 2.74. The lowest BCUT2D eigenvalue weighted by Crippen LogP contribution is -2.41. The Hall–Kier alpha value is -1.56. The van der Waals surface area contributed by atoms with E-state index in [0.29, 0.717) is 0 Å². The Balaban J connectivity index is 1.94. The summed E-state index contributed by atoms with van der Waals surface area (Å²) in [7, 11) is 0. The highest BCUT2D eigenvalue weighted by Gasteiger charge is 2.32.